The maximum absolute atomic E-state index is 13.1. The fourth-order valence-electron chi connectivity index (χ4n) is 3.90. The van der Waals surface area contributed by atoms with Crippen LogP contribution in [0.4, 0.5) is 5.69 Å². The van der Waals surface area contributed by atoms with Gasteiger partial charge in [0.15, 0.2) is 0 Å². The third-order valence-electron chi connectivity index (χ3n) is 5.37. The lowest BCUT2D eigenvalue weighted by Gasteiger charge is -2.36. The summed E-state index contributed by atoms with van der Waals surface area (Å²) in [5, 5.41) is 4.08. The number of carbonyl (C=O) groups is 2. The van der Waals surface area contributed by atoms with Crippen LogP contribution >= 0.6 is 0 Å². The zero-order valence-electron chi connectivity index (χ0n) is 16.1. The van der Waals surface area contributed by atoms with Crippen molar-refractivity contribution in [1.82, 2.24) is 19.0 Å². The molecule has 2 aromatic rings. The number of sulfonamides is 1. The molecule has 0 spiro atoms. The number of piperazine rings is 1. The molecule has 0 radical (unpaired) electrons. The third kappa shape index (κ3) is 3.65. The van der Waals surface area contributed by atoms with E-state index in [0.717, 1.165) is 0 Å². The Balaban J connectivity index is 1.49. The summed E-state index contributed by atoms with van der Waals surface area (Å²) in [4.78, 5) is 29.0. The Hall–Kier alpha value is -2.72. The van der Waals surface area contributed by atoms with Gasteiger partial charge in [0.05, 0.1) is 16.8 Å². The highest BCUT2D eigenvalue weighted by Gasteiger charge is 2.42. The van der Waals surface area contributed by atoms with E-state index in [9.17, 15) is 18.0 Å². The maximum atomic E-state index is 13.1. The molecule has 10 heteroatoms. The molecule has 2 fully saturated rings. The Morgan fingerprint density at radius 2 is 1.90 bits per heavy atom. The van der Waals surface area contributed by atoms with Crippen molar-refractivity contribution in [2.24, 2.45) is 7.05 Å². The van der Waals surface area contributed by atoms with E-state index in [0.29, 0.717) is 38.2 Å². The van der Waals surface area contributed by atoms with Crippen LogP contribution in [0.5, 0.6) is 0 Å². The lowest BCUT2D eigenvalue weighted by atomic mass is 10.2. The fourth-order valence-corrected chi connectivity index (χ4v) is 5.57. The average molecular weight is 417 g/mol. The number of amides is 2. The summed E-state index contributed by atoms with van der Waals surface area (Å²) < 4.78 is 28.9. The second kappa shape index (κ2) is 7.60. The molecule has 0 bridgehead atoms. The van der Waals surface area contributed by atoms with Gasteiger partial charge in [-0.1, -0.05) is 18.2 Å². The zero-order chi connectivity index (χ0) is 20.6. The molecule has 3 heterocycles. The monoisotopic (exact) mass is 417 g/mol. The van der Waals surface area contributed by atoms with E-state index in [-0.39, 0.29) is 23.3 Å². The van der Waals surface area contributed by atoms with Crippen molar-refractivity contribution in [3.8, 4) is 0 Å². The molecule has 1 aromatic heterocycles. The SMILES string of the molecule is Cn1cc(N2CCN(C(=O)[C@H]3CCCN3S(=O)(=O)c3ccccc3)CC2=O)cn1. The number of benzene rings is 1. The molecule has 4 rings (SSSR count). The summed E-state index contributed by atoms with van der Waals surface area (Å²) >= 11 is 0. The summed E-state index contributed by atoms with van der Waals surface area (Å²) in [6, 6.07) is 7.38. The predicted octanol–water partition coefficient (Wildman–Crippen LogP) is 0.449. The first-order valence-electron chi connectivity index (χ1n) is 9.52. The molecule has 1 aromatic carbocycles. The van der Waals surface area contributed by atoms with Crippen LogP contribution in [0.15, 0.2) is 47.6 Å². The normalized spacial score (nSPS) is 21.0. The first-order chi connectivity index (χ1) is 13.9. The number of rotatable bonds is 4. The van der Waals surface area contributed by atoms with Gasteiger partial charge in [-0.05, 0) is 25.0 Å². The van der Waals surface area contributed by atoms with Gasteiger partial charge in [-0.25, -0.2) is 8.42 Å². The number of carbonyl (C=O) groups excluding carboxylic acids is 2. The van der Waals surface area contributed by atoms with Crippen LogP contribution in [0, 0.1) is 0 Å². The Bertz CT molecular complexity index is 1020. The van der Waals surface area contributed by atoms with E-state index in [1.807, 2.05) is 0 Å². The highest BCUT2D eigenvalue weighted by atomic mass is 32.2. The van der Waals surface area contributed by atoms with Gasteiger partial charge in [0.2, 0.25) is 21.8 Å². The fraction of sp³-hybridized carbons (Fsp3) is 0.421. The van der Waals surface area contributed by atoms with Crippen LogP contribution in [0.3, 0.4) is 0 Å². The van der Waals surface area contributed by atoms with Crippen LogP contribution in [-0.4, -0.2) is 71.4 Å². The van der Waals surface area contributed by atoms with Gasteiger partial charge in [0.1, 0.15) is 12.6 Å². The summed E-state index contributed by atoms with van der Waals surface area (Å²) in [5.41, 5.74) is 0.693. The lowest BCUT2D eigenvalue weighted by Crippen LogP contribution is -2.56. The van der Waals surface area contributed by atoms with Gasteiger partial charge in [0.25, 0.3) is 0 Å². The molecule has 154 valence electrons. The van der Waals surface area contributed by atoms with Crippen molar-refractivity contribution in [1.29, 1.82) is 0 Å². The van der Waals surface area contributed by atoms with Crippen LogP contribution in [0.2, 0.25) is 0 Å². The number of anilines is 1. The van der Waals surface area contributed by atoms with Crippen LogP contribution in [0.25, 0.3) is 0 Å². The van der Waals surface area contributed by atoms with Gasteiger partial charge in [-0.3, -0.25) is 14.3 Å². The van der Waals surface area contributed by atoms with Gasteiger partial charge in [-0.15, -0.1) is 0 Å². The summed E-state index contributed by atoms with van der Waals surface area (Å²) in [6.45, 7) is 0.949. The maximum Gasteiger partial charge on any atom is 0.246 e. The first kappa shape index (κ1) is 19.6. The molecule has 0 N–H and O–H groups in total. The quantitative estimate of drug-likeness (QED) is 0.720. The van der Waals surface area contributed by atoms with Crippen LogP contribution in [0.1, 0.15) is 12.8 Å². The molecular weight excluding hydrogens is 394 g/mol. The van der Waals surface area contributed by atoms with E-state index < -0.39 is 16.1 Å². The average Bonchev–Trinajstić information content (AvgIpc) is 3.37. The minimum absolute atomic E-state index is 0.0660. The largest absolute Gasteiger partial charge is 0.330 e. The van der Waals surface area contributed by atoms with Crippen molar-refractivity contribution < 1.29 is 18.0 Å². The Morgan fingerprint density at radius 1 is 1.14 bits per heavy atom. The number of hydrogen-bond acceptors (Lipinski definition) is 5. The molecule has 29 heavy (non-hydrogen) atoms. The van der Waals surface area contributed by atoms with Gasteiger partial charge < -0.3 is 9.80 Å². The van der Waals surface area contributed by atoms with Gasteiger partial charge >= 0.3 is 0 Å². The van der Waals surface area contributed by atoms with Crippen molar-refractivity contribution in [2.45, 2.75) is 23.8 Å². The lowest BCUT2D eigenvalue weighted by molar-refractivity contribution is -0.139. The number of aryl methyl sites for hydroxylation is 1. The molecule has 0 unspecified atom stereocenters. The third-order valence-corrected chi connectivity index (χ3v) is 7.30. The summed E-state index contributed by atoms with van der Waals surface area (Å²) in [7, 11) is -1.98. The minimum atomic E-state index is -3.76. The Kier molecular flexibility index (Phi) is 5.13. The predicted molar refractivity (Wildman–Crippen MR) is 105 cm³/mol. The van der Waals surface area contributed by atoms with Crippen molar-refractivity contribution in [3.63, 3.8) is 0 Å². The summed E-state index contributed by atoms with van der Waals surface area (Å²) in [5.74, 6) is -0.505. The number of hydrogen-bond donors (Lipinski definition) is 0. The van der Waals surface area contributed by atoms with E-state index in [2.05, 4.69) is 5.10 Å². The highest BCUT2D eigenvalue weighted by Crippen LogP contribution is 2.28. The van der Waals surface area contributed by atoms with Gasteiger partial charge in [0, 0.05) is 32.9 Å². The zero-order valence-corrected chi connectivity index (χ0v) is 17.0. The second-order valence-corrected chi connectivity index (χ2v) is 9.15. The number of aromatic nitrogens is 2. The molecule has 0 saturated carbocycles. The Labute approximate surface area is 169 Å². The molecule has 0 aliphatic carbocycles. The Morgan fingerprint density at radius 3 is 2.55 bits per heavy atom. The van der Waals surface area contributed by atoms with E-state index in [1.54, 1.807) is 47.2 Å². The van der Waals surface area contributed by atoms with E-state index in [4.69, 9.17) is 0 Å². The highest BCUT2D eigenvalue weighted by molar-refractivity contribution is 7.89. The van der Waals surface area contributed by atoms with E-state index >= 15 is 0 Å². The molecular formula is C19H23N5O4S. The second-order valence-electron chi connectivity index (χ2n) is 7.26. The van der Waals surface area contributed by atoms with E-state index in [1.165, 1.54) is 21.3 Å². The topological polar surface area (TPSA) is 95.8 Å². The molecule has 2 amide bonds. The molecule has 2 aliphatic rings. The number of nitrogens with zero attached hydrogens (tertiary/aromatic N) is 5. The van der Waals surface area contributed by atoms with Crippen molar-refractivity contribution >= 4 is 27.5 Å². The van der Waals surface area contributed by atoms with Gasteiger partial charge in [-0.2, -0.15) is 9.40 Å². The molecule has 2 aliphatic heterocycles. The minimum Gasteiger partial charge on any atom is -0.330 e. The van der Waals surface area contributed by atoms with Crippen molar-refractivity contribution in [3.05, 3.63) is 42.7 Å². The molecule has 9 nitrogen and oxygen atoms in total. The molecule has 2 saturated heterocycles. The van der Waals surface area contributed by atoms with Crippen molar-refractivity contribution in [2.75, 3.05) is 31.1 Å². The standard InChI is InChI=1S/C19H23N5O4S/c1-21-13-15(12-20-21)23-11-10-22(14-18(23)25)19(26)17-8-5-9-24(17)29(27,28)16-6-3-2-4-7-16/h2-4,6-7,12-13,17H,5,8-11,14H2,1H3/t17-/m1/s1. The first-order valence-corrected chi connectivity index (χ1v) is 11.0. The van der Waals surface area contributed by atoms with Crippen LogP contribution < -0.4 is 4.90 Å². The van der Waals surface area contributed by atoms with Crippen LogP contribution in [-0.2, 0) is 26.7 Å². The smallest absolute Gasteiger partial charge is 0.246 e. The summed E-state index contributed by atoms with van der Waals surface area (Å²) in [6.07, 6.45) is 4.44. The molecule has 1 atom stereocenters.